The standard InChI is InChI=1S/C15H22ClN3O2/c1-3-21-15(20)13-6-4-5-9-19(13)10-12-11(16)7-8-14(17-2)18-12/h7-8,13H,3-6,9-10H2,1-2H3,(H,17,18). The van der Waals surface area contributed by atoms with Crippen LogP contribution in [0.4, 0.5) is 5.82 Å². The third kappa shape index (κ3) is 4.08. The summed E-state index contributed by atoms with van der Waals surface area (Å²) in [4.78, 5) is 18.7. The summed E-state index contributed by atoms with van der Waals surface area (Å²) in [6, 6.07) is 3.49. The van der Waals surface area contributed by atoms with Crippen LogP contribution >= 0.6 is 11.6 Å². The molecule has 1 unspecified atom stereocenters. The normalized spacial score (nSPS) is 19.3. The van der Waals surface area contributed by atoms with Gasteiger partial charge >= 0.3 is 5.97 Å². The first-order chi connectivity index (χ1) is 10.2. The Kier molecular flexibility index (Phi) is 5.82. The molecule has 2 rings (SSSR count). The van der Waals surface area contributed by atoms with Gasteiger partial charge < -0.3 is 10.1 Å². The zero-order chi connectivity index (χ0) is 15.2. The van der Waals surface area contributed by atoms with E-state index in [1.54, 1.807) is 0 Å². The zero-order valence-corrected chi connectivity index (χ0v) is 13.3. The van der Waals surface area contributed by atoms with Crippen molar-refractivity contribution in [3.05, 3.63) is 22.8 Å². The lowest BCUT2D eigenvalue weighted by Gasteiger charge is -2.33. The van der Waals surface area contributed by atoms with Crippen LogP contribution in [0.1, 0.15) is 31.9 Å². The number of likely N-dealkylation sites (tertiary alicyclic amines) is 1. The number of carbonyl (C=O) groups is 1. The number of ether oxygens (including phenoxy) is 1. The Bertz CT molecular complexity index is 496. The fourth-order valence-corrected chi connectivity index (χ4v) is 2.78. The lowest BCUT2D eigenvalue weighted by molar-refractivity contribution is -0.151. The molecule has 0 aromatic carbocycles. The van der Waals surface area contributed by atoms with Crippen LogP contribution in [0, 0.1) is 0 Å². The van der Waals surface area contributed by atoms with E-state index in [0.717, 1.165) is 37.3 Å². The topological polar surface area (TPSA) is 54.5 Å². The van der Waals surface area contributed by atoms with Crippen LogP contribution in [-0.2, 0) is 16.1 Å². The minimum absolute atomic E-state index is 0.141. The highest BCUT2D eigenvalue weighted by atomic mass is 35.5. The van der Waals surface area contributed by atoms with Crippen LogP contribution in [0.25, 0.3) is 0 Å². The predicted octanol–water partition coefficient (Wildman–Crippen LogP) is 2.69. The zero-order valence-electron chi connectivity index (χ0n) is 12.6. The number of nitrogens with zero attached hydrogens (tertiary/aromatic N) is 2. The molecule has 0 spiro atoms. The number of esters is 1. The lowest BCUT2D eigenvalue weighted by Crippen LogP contribution is -2.45. The van der Waals surface area contributed by atoms with Gasteiger partial charge in [0, 0.05) is 13.6 Å². The van der Waals surface area contributed by atoms with Gasteiger partial charge in [-0.05, 0) is 38.4 Å². The van der Waals surface area contributed by atoms with E-state index in [1.807, 2.05) is 26.1 Å². The molecule has 0 saturated carbocycles. The number of piperidine rings is 1. The van der Waals surface area contributed by atoms with E-state index in [0.29, 0.717) is 18.2 Å². The Morgan fingerprint density at radius 2 is 2.33 bits per heavy atom. The molecule has 1 fully saturated rings. The number of anilines is 1. The molecule has 2 heterocycles. The molecule has 1 aromatic heterocycles. The van der Waals surface area contributed by atoms with Crippen molar-refractivity contribution in [3.8, 4) is 0 Å². The number of rotatable bonds is 5. The fraction of sp³-hybridized carbons (Fsp3) is 0.600. The molecule has 116 valence electrons. The SMILES string of the molecule is CCOC(=O)C1CCCCN1Cc1nc(NC)ccc1Cl. The van der Waals surface area contributed by atoms with Gasteiger partial charge in [0.25, 0.3) is 0 Å². The van der Waals surface area contributed by atoms with Crippen LogP contribution in [0.15, 0.2) is 12.1 Å². The van der Waals surface area contributed by atoms with Crippen molar-refractivity contribution in [2.45, 2.75) is 38.8 Å². The van der Waals surface area contributed by atoms with Crippen molar-refractivity contribution in [2.24, 2.45) is 0 Å². The van der Waals surface area contributed by atoms with E-state index in [2.05, 4.69) is 15.2 Å². The van der Waals surface area contributed by atoms with Gasteiger partial charge in [0.15, 0.2) is 0 Å². The first-order valence-corrected chi connectivity index (χ1v) is 7.77. The summed E-state index contributed by atoms with van der Waals surface area (Å²) in [5.41, 5.74) is 0.791. The molecule has 0 aliphatic carbocycles. The summed E-state index contributed by atoms with van der Waals surface area (Å²) in [5, 5.41) is 3.63. The quantitative estimate of drug-likeness (QED) is 0.847. The Labute approximate surface area is 130 Å². The number of hydrogen-bond donors (Lipinski definition) is 1. The van der Waals surface area contributed by atoms with Crippen LogP contribution < -0.4 is 5.32 Å². The average molecular weight is 312 g/mol. The van der Waals surface area contributed by atoms with E-state index < -0.39 is 0 Å². The second-order valence-electron chi connectivity index (χ2n) is 5.11. The molecule has 0 radical (unpaired) electrons. The van der Waals surface area contributed by atoms with E-state index in [9.17, 15) is 4.79 Å². The average Bonchev–Trinajstić information content (AvgIpc) is 2.50. The number of aromatic nitrogens is 1. The maximum Gasteiger partial charge on any atom is 0.323 e. The maximum atomic E-state index is 12.1. The molecule has 5 nitrogen and oxygen atoms in total. The monoisotopic (exact) mass is 311 g/mol. The van der Waals surface area contributed by atoms with Gasteiger partial charge in [-0.25, -0.2) is 4.98 Å². The molecule has 6 heteroatoms. The van der Waals surface area contributed by atoms with Gasteiger partial charge in [0.1, 0.15) is 11.9 Å². The van der Waals surface area contributed by atoms with Crippen LogP contribution in [0.3, 0.4) is 0 Å². The Morgan fingerprint density at radius 1 is 1.52 bits per heavy atom. The maximum absolute atomic E-state index is 12.1. The van der Waals surface area contributed by atoms with Crippen LogP contribution in [0.5, 0.6) is 0 Å². The van der Waals surface area contributed by atoms with Crippen molar-refractivity contribution in [1.29, 1.82) is 0 Å². The molecule has 1 atom stereocenters. The van der Waals surface area contributed by atoms with Crippen LogP contribution in [-0.4, -0.2) is 42.1 Å². The Hall–Kier alpha value is -1.33. The van der Waals surface area contributed by atoms with Gasteiger partial charge in [0.05, 0.1) is 17.3 Å². The van der Waals surface area contributed by atoms with Gasteiger partial charge in [-0.3, -0.25) is 9.69 Å². The summed E-state index contributed by atoms with van der Waals surface area (Å²) in [5.74, 6) is 0.636. The summed E-state index contributed by atoms with van der Waals surface area (Å²) < 4.78 is 5.18. The van der Waals surface area contributed by atoms with Crippen molar-refractivity contribution >= 4 is 23.4 Å². The van der Waals surface area contributed by atoms with E-state index in [4.69, 9.17) is 16.3 Å². The van der Waals surface area contributed by atoms with Crippen molar-refractivity contribution in [2.75, 3.05) is 25.5 Å². The van der Waals surface area contributed by atoms with Crippen molar-refractivity contribution in [1.82, 2.24) is 9.88 Å². The molecule has 21 heavy (non-hydrogen) atoms. The van der Waals surface area contributed by atoms with Gasteiger partial charge in [0.2, 0.25) is 0 Å². The van der Waals surface area contributed by atoms with Crippen LogP contribution in [0.2, 0.25) is 5.02 Å². The molecule has 1 aliphatic heterocycles. The lowest BCUT2D eigenvalue weighted by atomic mass is 10.0. The summed E-state index contributed by atoms with van der Waals surface area (Å²) in [6.45, 7) is 3.68. The third-order valence-electron chi connectivity index (χ3n) is 3.70. The molecule has 0 amide bonds. The molecule has 1 aliphatic rings. The van der Waals surface area contributed by atoms with E-state index in [-0.39, 0.29) is 12.0 Å². The molecular weight excluding hydrogens is 290 g/mol. The smallest absolute Gasteiger partial charge is 0.323 e. The Morgan fingerprint density at radius 3 is 3.05 bits per heavy atom. The molecule has 1 aromatic rings. The minimum Gasteiger partial charge on any atom is -0.465 e. The fourth-order valence-electron chi connectivity index (χ4n) is 2.61. The highest BCUT2D eigenvalue weighted by molar-refractivity contribution is 6.31. The van der Waals surface area contributed by atoms with Crippen molar-refractivity contribution in [3.63, 3.8) is 0 Å². The molecule has 0 bridgehead atoms. The van der Waals surface area contributed by atoms with Gasteiger partial charge in [-0.1, -0.05) is 18.0 Å². The van der Waals surface area contributed by atoms with Crippen molar-refractivity contribution < 1.29 is 9.53 Å². The number of halogens is 1. The molecule has 1 N–H and O–H groups in total. The summed E-state index contributed by atoms with van der Waals surface area (Å²) >= 11 is 6.23. The third-order valence-corrected chi connectivity index (χ3v) is 4.04. The number of carbonyl (C=O) groups excluding carboxylic acids is 1. The highest BCUT2D eigenvalue weighted by Crippen LogP contribution is 2.24. The first-order valence-electron chi connectivity index (χ1n) is 7.39. The number of nitrogens with one attached hydrogen (secondary N) is 1. The minimum atomic E-state index is -0.185. The second-order valence-corrected chi connectivity index (χ2v) is 5.52. The number of pyridine rings is 1. The van der Waals surface area contributed by atoms with E-state index in [1.165, 1.54) is 0 Å². The first kappa shape index (κ1) is 16.0. The summed E-state index contributed by atoms with van der Waals surface area (Å²) in [6.07, 6.45) is 2.97. The predicted molar refractivity (Wildman–Crippen MR) is 83.5 cm³/mol. The largest absolute Gasteiger partial charge is 0.465 e. The summed E-state index contributed by atoms with van der Waals surface area (Å²) in [7, 11) is 1.82. The second kappa shape index (κ2) is 7.61. The molecular formula is C15H22ClN3O2. The highest BCUT2D eigenvalue weighted by Gasteiger charge is 2.30. The Balaban J connectivity index is 2.13. The van der Waals surface area contributed by atoms with Gasteiger partial charge in [-0.15, -0.1) is 0 Å². The van der Waals surface area contributed by atoms with E-state index >= 15 is 0 Å². The van der Waals surface area contributed by atoms with Gasteiger partial charge in [-0.2, -0.15) is 0 Å². The molecule has 1 saturated heterocycles. The number of hydrogen-bond acceptors (Lipinski definition) is 5.